The molecule has 7 heteroatoms. The lowest BCUT2D eigenvalue weighted by Gasteiger charge is -2.13. The molecule has 0 aromatic heterocycles. The molecule has 0 amide bonds. The van der Waals surface area contributed by atoms with E-state index < -0.39 is 10.2 Å². The van der Waals surface area contributed by atoms with Crippen molar-refractivity contribution in [1.29, 1.82) is 0 Å². The molecule has 0 heterocycles. The van der Waals surface area contributed by atoms with Crippen LogP contribution in [0.3, 0.4) is 0 Å². The highest BCUT2D eigenvalue weighted by Crippen LogP contribution is 2.20. The van der Waals surface area contributed by atoms with Crippen molar-refractivity contribution in [3.8, 4) is 11.8 Å². The predicted molar refractivity (Wildman–Crippen MR) is 78.2 cm³/mol. The Hall–Kier alpha value is -1.26. The van der Waals surface area contributed by atoms with Crippen LogP contribution < -0.4 is 15.2 Å². The molecule has 0 radical (unpaired) electrons. The number of halogens is 1. The second-order valence-electron chi connectivity index (χ2n) is 4.07. The first kappa shape index (κ1) is 15.8. The van der Waals surface area contributed by atoms with Gasteiger partial charge in [-0.15, -0.1) is 0 Å². The Morgan fingerprint density at radius 3 is 2.68 bits per heavy atom. The molecule has 0 saturated carbocycles. The van der Waals surface area contributed by atoms with Crippen LogP contribution in [-0.2, 0) is 10.2 Å². The van der Waals surface area contributed by atoms with Crippen LogP contribution >= 0.6 is 11.6 Å². The summed E-state index contributed by atoms with van der Waals surface area (Å²) in [5.74, 6) is 5.44. The Balaban J connectivity index is 3.07. The normalized spacial score (nSPS) is 11.0. The van der Waals surface area contributed by atoms with E-state index in [1.54, 1.807) is 32.0 Å². The highest BCUT2D eigenvalue weighted by Gasteiger charge is 2.13. The van der Waals surface area contributed by atoms with Crippen LogP contribution in [0.25, 0.3) is 0 Å². The summed E-state index contributed by atoms with van der Waals surface area (Å²) in [7, 11) is -3.64. The van der Waals surface area contributed by atoms with Gasteiger partial charge in [-0.2, -0.15) is 13.1 Å². The first-order valence-corrected chi connectivity index (χ1v) is 7.48. The third kappa shape index (κ3) is 5.49. The zero-order valence-corrected chi connectivity index (χ0v) is 12.3. The van der Waals surface area contributed by atoms with E-state index in [9.17, 15) is 8.42 Å². The van der Waals surface area contributed by atoms with E-state index in [1.165, 1.54) is 0 Å². The van der Waals surface area contributed by atoms with Crippen LogP contribution in [0.2, 0.25) is 5.02 Å². The average Bonchev–Trinajstić information content (AvgIpc) is 2.27. The maximum Gasteiger partial charge on any atom is 0.299 e. The smallest absolute Gasteiger partial charge is 0.299 e. The molecule has 0 bridgehead atoms. The van der Waals surface area contributed by atoms with E-state index in [0.29, 0.717) is 16.3 Å². The number of benzene rings is 1. The fraction of sp³-hybridized carbons (Fsp3) is 0.333. The van der Waals surface area contributed by atoms with Gasteiger partial charge in [-0.05, 0) is 32.0 Å². The fourth-order valence-corrected chi connectivity index (χ4v) is 2.66. The molecule has 0 saturated heterocycles. The van der Waals surface area contributed by atoms with Crippen LogP contribution in [0.5, 0.6) is 0 Å². The van der Waals surface area contributed by atoms with Gasteiger partial charge in [0.15, 0.2) is 0 Å². The van der Waals surface area contributed by atoms with Gasteiger partial charge in [0, 0.05) is 11.1 Å². The number of rotatable bonds is 4. The monoisotopic (exact) mass is 301 g/mol. The molecule has 104 valence electrons. The first-order chi connectivity index (χ1) is 8.84. The molecule has 0 aliphatic heterocycles. The van der Waals surface area contributed by atoms with Gasteiger partial charge in [0.05, 0.1) is 17.8 Å². The molecule has 0 aliphatic rings. The zero-order valence-electron chi connectivity index (χ0n) is 10.7. The summed E-state index contributed by atoms with van der Waals surface area (Å²) in [5, 5.41) is 0.473. The van der Waals surface area contributed by atoms with Gasteiger partial charge in [-0.1, -0.05) is 23.4 Å². The summed E-state index contributed by atoms with van der Waals surface area (Å²) in [5.41, 5.74) is 6.14. The van der Waals surface area contributed by atoms with Crippen molar-refractivity contribution in [1.82, 2.24) is 4.72 Å². The van der Waals surface area contributed by atoms with Crippen molar-refractivity contribution in [2.75, 3.05) is 11.3 Å². The Bertz CT molecular complexity index is 603. The Morgan fingerprint density at radius 2 is 2.11 bits per heavy atom. The van der Waals surface area contributed by atoms with Gasteiger partial charge in [0.1, 0.15) is 0 Å². The molecule has 0 atom stereocenters. The van der Waals surface area contributed by atoms with Crippen molar-refractivity contribution in [3.05, 3.63) is 28.8 Å². The summed E-state index contributed by atoms with van der Waals surface area (Å²) in [6.45, 7) is 3.65. The van der Waals surface area contributed by atoms with Crippen LogP contribution in [0, 0.1) is 11.8 Å². The van der Waals surface area contributed by atoms with Gasteiger partial charge in [0.25, 0.3) is 10.2 Å². The maximum atomic E-state index is 11.8. The van der Waals surface area contributed by atoms with Gasteiger partial charge < -0.3 is 5.73 Å². The highest BCUT2D eigenvalue weighted by molar-refractivity contribution is 7.90. The topological polar surface area (TPSA) is 84.2 Å². The van der Waals surface area contributed by atoms with Crippen molar-refractivity contribution >= 4 is 27.5 Å². The summed E-state index contributed by atoms with van der Waals surface area (Å²) in [4.78, 5) is 0. The molecule has 0 spiro atoms. The predicted octanol–water partition coefficient (Wildman–Crippen LogP) is 1.30. The SMILES string of the molecule is CC(C)NS(=O)(=O)Nc1ccc(Cl)cc1C#CCN. The molecule has 19 heavy (non-hydrogen) atoms. The van der Waals surface area contributed by atoms with E-state index in [0.717, 1.165) is 0 Å². The van der Waals surface area contributed by atoms with Crippen LogP contribution in [0.1, 0.15) is 19.4 Å². The van der Waals surface area contributed by atoms with Gasteiger partial charge in [-0.25, -0.2) is 0 Å². The maximum absolute atomic E-state index is 11.8. The molecule has 0 fully saturated rings. The number of anilines is 1. The van der Waals surface area contributed by atoms with Crippen molar-refractivity contribution < 1.29 is 8.42 Å². The summed E-state index contributed by atoms with van der Waals surface area (Å²) < 4.78 is 28.4. The first-order valence-electron chi connectivity index (χ1n) is 5.62. The van der Waals surface area contributed by atoms with Crippen LogP contribution in [0.15, 0.2) is 18.2 Å². The van der Waals surface area contributed by atoms with E-state index in [4.69, 9.17) is 17.3 Å². The fourth-order valence-electron chi connectivity index (χ4n) is 1.34. The molecule has 0 unspecified atom stereocenters. The number of nitrogens with one attached hydrogen (secondary N) is 2. The minimum Gasteiger partial charge on any atom is -0.320 e. The number of hydrogen-bond donors (Lipinski definition) is 3. The van der Waals surface area contributed by atoms with Crippen molar-refractivity contribution in [2.45, 2.75) is 19.9 Å². The molecule has 0 aliphatic carbocycles. The molecule has 4 N–H and O–H groups in total. The average molecular weight is 302 g/mol. The molecule has 5 nitrogen and oxygen atoms in total. The second kappa shape index (κ2) is 6.78. The standard InChI is InChI=1S/C12H16ClN3O2S/c1-9(2)15-19(17,18)16-12-6-5-11(13)8-10(12)4-3-7-14/h5-6,8-9,15-16H,7,14H2,1-2H3. The molecule has 1 aromatic rings. The number of hydrogen-bond acceptors (Lipinski definition) is 3. The van der Waals surface area contributed by atoms with Crippen LogP contribution in [0.4, 0.5) is 5.69 Å². The number of nitrogens with two attached hydrogens (primary N) is 1. The third-order valence-electron chi connectivity index (χ3n) is 1.94. The minimum absolute atomic E-state index is 0.183. The third-order valence-corrected chi connectivity index (χ3v) is 3.45. The van der Waals surface area contributed by atoms with Crippen molar-refractivity contribution in [2.24, 2.45) is 5.73 Å². The van der Waals surface area contributed by atoms with E-state index in [1.807, 2.05) is 0 Å². The Labute approximate surface area is 118 Å². The summed E-state index contributed by atoms with van der Waals surface area (Å²) in [6.07, 6.45) is 0. The molecular formula is C12H16ClN3O2S. The largest absolute Gasteiger partial charge is 0.320 e. The van der Waals surface area contributed by atoms with Crippen LogP contribution in [-0.4, -0.2) is 21.0 Å². The molecular weight excluding hydrogens is 286 g/mol. The van der Waals surface area contributed by atoms with Crippen molar-refractivity contribution in [3.63, 3.8) is 0 Å². The molecule has 1 rings (SSSR count). The summed E-state index contributed by atoms with van der Waals surface area (Å²) in [6, 6.07) is 4.52. The zero-order chi connectivity index (χ0) is 14.5. The molecule has 1 aromatic carbocycles. The summed E-state index contributed by atoms with van der Waals surface area (Å²) >= 11 is 5.86. The van der Waals surface area contributed by atoms with E-state index >= 15 is 0 Å². The lowest BCUT2D eigenvalue weighted by molar-refractivity contribution is 0.575. The Kier molecular flexibility index (Phi) is 5.63. The Morgan fingerprint density at radius 1 is 1.42 bits per heavy atom. The van der Waals surface area contributed by atoms with E-state index in [2.05, 4.69) is 21.3 Å². The lowest BCUT2D eigenvalue weighted by atomic mass is 10.2. The quantitative estimate of drug-likeness (QED) is 0.733. The minimum atomic E-state index is -3.64. The second-order valence-corrected chi connectivity index (χ2v) is 5.96. The lowest BCUT2D eigenvalue weighted by Crippen LogP contribution is -2.35. The van der Waals surface area contributed by atoms with Gasteiger partial charge in [-0.3, -0.25) is 4.72 Å². The van der Waals surface area contributed by atoms with Gasteiger partial charge in [0.2, 0.25) is 0 Å². The highest BCUT2D eigenvalue weighted by atomic mass is 35.5. The van der Waals surface area contributed by atoms with E-state index in [-0.39, 0.29) is 12.6 Å². The van der Waals surface area contributed by atoms with Gasteiger partial charge >= 0.3 is 0 Å².